The molecule has 0 spiro atoms. The summed E-state index contributed by atoms with van der Waals surface area (Å²) in [4.78, 5) is 0. The van der Waals surface area contributed by atoms with Crippen molar-refractivity contribution < 1.29 is 4.65 Å². The molecule has 13 heavy (non-hydrogen) atoms. The van der Waals surface area contributed by atoms with Gasteiger partial charge in [-0.05, 0) is 35.4 Å². The Morgan fingerprint density at radius 1 is 1.08 bits per heavy atom. The molecule has 2 aromatic carbocycles. The highest BCUT2D eigenvalue weighted by molar-refractivity contribution is 6.00. The van der Waals surface area contributed by atoms with Crippen LogP contribution < -0.4 is 4.65 Å². The van der Waals surface area contributed by atoms with Gasteiger partial charge in [-0.25, -0.2) is 0 Å². The van der Waals surface area contributed by atoms with E-state index in [0.717, 1.165) is 5.75 Å². The van der Waals surface area contributed by atoms with E-state index in [2.05, 4.69) is 31.2 Å². The molecule has 0 N–H and O–H groups in total. The number of benzene rings is 2. The summed E-state index contributed by atoms with van der Waals surface area (Å²) < 4.78 is 5.25. The van der Waals surface area contributed by atoms with Crippen LogP contribution in [-0.4, -0.2) is 8.05 Å². The molecule has 64 valence electrons. The van der Waals surface area contributed by atoms with Crippen LogP contribution in [0, 0.1) is 6.92 Å². The van der Waals surface area contributed by atoms with Crippen LogP contribution in [0.4, 0.5) is 0 Å². The Morgan fingerprint density at radius 3 is 2.31 bits per heavy atom. The minimum absolute atomic E-state index is 0.957. The number of fused-ring (bicyclic) bond motifs is 1. The van der Waals surface area contributed by atoms with E-state index in [-0.39, 0.29) is 0 Å². The summed E-state index contributed by atoms with van der Waals surface area (Å²) in [5.74, 6) is 0.957. The molecule has 0 radical (unpaired) electrons. The Hall–Kier alpha value is -1.44. The predicted molar refractivity (Wildman–Crippen MR) is 57.9 cm³/mol. The summed E-state index contributed by atoms with van der Waals surface area (Å²) in [6.45, 7) is 2.06. The second-order valence-corrected chi connectivity index (χ2v) is 3.17. The number of hydrogen-bond donors (Lipinski definition) is 0. The summed E-state index contributed by atoms with van der Waals surface area (Å²) in [6, 6.07) is 12.5. The highest BCUT2D eigenvalue weighted by atomic mass is 16.4. The maximum atomic E-state index is 5.25. The lowest BCUT2D eigenvalue weighted by atomic mass is 10.1. The lowest BCUT2D eigenvalue weighted by molar-refractivity contribution is 0.612. The minimum atomic E-state index is 0.957. The Balaban J connectivity index is 2.74. The van der Waals surface area contributed by atoms with E-state index >= 15 is 0 Å². The van der Waals surface area contributed by atoms with Gasteiger partial charge in [0.25, 0.3) is 0 Å². The highest BCUT2D eigenvalue weighted by Gasteiger charge is 1.99. The van der Waals surface area contributed by atoms with Gasteiger partial charge in [0.1, 0.15) is 5.75 Å². The Labute approximate surface area is 78.8 Å². The smallest absolute Gasteiger partial charge is 0.322 e. The monoisotopic (exact) mass is 170 g/mol. The van der Waals surface area contributed by atoms with Gasteiger partial charge in [-0.3, -0.25) is 0 Å². The van der Waals surface area contributed by atoms with Gasteiger partial charge in [-0.2, -0.15) is 0 Å². The van der Waals surface area contributed by atoms with Crippen molar-refractivity contribution in [3.8, 4) is 5.75 Å². The van der Waals surface area contributed by atoms with Gasteiger partial charge in [0, 0.05) is 0 Å². The molecule has 0 aromatic heterocycles. The van der Waals surface area contributed by atoms with Crippen molar-refractivity contribution in [2.75, 3.05) is 0 Å². The van der Waals surface area contributed by atoms with Crippen molar-refractivity contribution in [3.05, 3.63) is 42.0 Å². The zero-order valence-electron chi connectivity index (χ0n) is 7.87. The van der Waals surface area contributed by atoms with Crippen LogP contribution in [-0.2, 0) is 0 Å². The summed E-state index contributed by atoms with van der Waals surface area (Å²) in [7, 11) is 1.71. The molecule has 0 saturated heterocycles. The first-order valence-electron chi connectivity index (χ1n) is 4.34. The van der Waals surface area contributed by atoms with E-state index < -0.39 is 0 Å². The van der Waals surface area contributed by atoms with E-state index in [9.17, 15) is 0 Å². The third-order valence-electron chi connectivity index (χ3n) is 2.26. The van der Waals surface area contributed by atoms with E-state index in [4.69, 9.17) is 4.65 Å². The Bertz CT molecular complexity index is 437. The molecule has 0 heterocycles. The third kappa shape index (κ3) is 1.40. The van der Waals surface area contributed by atoms with Crippen molar-refractivity contribution in [1.82, 2.24) is 0 Å². The van der Waals surface area contributed by atoms with Crippen LogP contribution in [0.25, 0.3) is 10.8 Å². The zero-order chi connectivity index (χ0) is 9.26. The molecular weight excluding hydrogens is 159 g/mol. The second-order valence-electron chi connectivity index (χ2n) is 3.17. The number of rotatable bonds is 1. The molecule has 0 aliphatic rings. The molecule has 0 atom stereocenters. The molecule has 0 aliphatic heterocycles. The van der Waals surface area contributed by atoms with E-state index in [1.807, 2.05) is 12.1 Å². The first-order valence-corrected chi connectivity index (χ1v) is 4.34. The van der Waals surface area contributed by atoms with Crippen molar-refractivity contribution in [2.24, 2.45) is 0 Å². The van der Waals surface area contributed by atoms with Gasteiger partial charge in [0.2, 0.25) is 0 Å². The highest BCUT2D eigenvalue weighted by Crippen LogP contribution is 2.24. The lowest BCUT2D eigenvalue weighted by Gasteiger charge is -2.06. The van der Waals surface area contributed by atoms with Crippen LogP contribution in [0.5, 0.6) is 5.75 Å². The predicted octanol–water partition coefficient (Wildman–Crippen LogP) is 2.08. The summed E-state index contributed by atoms with van der Waals surface area (Å²) in [5, 5.41) is 2.49. The summed E-state index contributed by atoms with van der Waals surface area (Å²) in [6.07, 6.45) is 0. The number of aryl methyl sites for hydroxylation is 1. The van der Waals surface area contributed by atoms with Gasteiger partial charge < -0.3 is 4.65 Å². The molecule has 0 bridgehead atoms. The van der Waals surface area contributed by atoms with E-state index in [1.165, 1.54) is 16.3 Å². The molecule has 0 unspecified atom stereocenters. The second kappa shape index (κ2) is 3.13. The summed E-state index contributed by atoms with van der Waals surface area (Å²) in [5.41, 5.74) is 1.18. The standard InChI is InChI=1S/C11H11BO/c1-8-6-9-4-2-3-5-10(9)7-11(8)13-12/h2-7H,12H2,1H3. The third-order valence-corrected chi connectivity index (χ3v) is 2.26. The van der Waals surface area contributed by atoms with Gasteiger partial charge >= 0.3 is 8.05 Å². The van der Waals surface area contributed by atoms with Crippen molar-refractivity contribution in [2.45, 2.75) is 6.92 Å². The average Bonchev–Trinajstić information content (AvgIpc) is 2.17. The maximum Gasteiger partial charge on any atom is 0.322 e. The SMILES string of the molecule is BOc1cc2ccccc2cc1C. The largest absolute Gasteiger partial charge is 0.568 e. The van der Waals surface area contributed by atoms with Crippen LogP contribution in [0.1, 0.15) is 5.56 Å². The zero-order valence-corrected chi connectivity index (χ0v) is 7.87. The fraction of sp³-hybridized carbons (Fsp3) is 0.0909. The van der Waals surface area contributed by atoms with Crippen molar-refractivity contribution in [1.29, 1.82) is 0 Å². The first kappa shape index (κ1) is 8.18. The van der Waals surface area contributed by atoms with Crippen LogP contribution in [0.3, 0.4) is 0 Å². The molecule has 0 aliphatic carbocycles. The molecule has 1 nitrogen and oxygen atoms in total. The fourth-order valence-corrected chi connectivity index (χ4v) is 1.55. The molecule has 2 rings (SSSR count). The van der Waals surface area contributed by atoms with Crippen molar-refractivity contribution in [3.63, 3.8) is 0 Å². The van der Waals surface area contributed by atoms with Crippen molar-refractivity contribution >= 4 is 18.8 Å². The normalized spacial score (nSPS) is 10.2. The molecule has 2 aromatic rings. The molecular formula is C11H11BO. The Morgan fingerprint density at radius 2 is 1.69 bits per heavy atom. The molecule has 2 heteroatoms. The van der Waals surface area contributed by atoms with E-state index in [0.29, 0.717) is 0 Å². The molecule has 0 saturated carbocycles. The minimum Gasteiger partial charge on any atom is -0.568 e. The first-order chi connectivity index (χ1) is 6.31. The fourth-order valence-electron chi connectivity index (χ4n) is 1.55. The topological polar surface area (TPSA) is 9.23 Å². The van der Waals surface area contributed by atoms with Crippen LogP contribution in [0.15, 0.2) is 36.4 Å². The molecule has 0 amide bonds. The average molecular weight is 170 g/mol. The van der Waals surface area contributed by atoms with Gasteiger partial charge in [-0.15, -0.1) is 0 Å². The lowest BCUT2D eigenvalue weighted by Crippen LogP contribution is -1.88. The van der Waals surface area contributed by atoms with Gasteiger partial charge in [0.05, 0.1) is 0 Å². The van der Waals surface area contributed by atoms with Gasteiger partial charge in [-0.1, -0.05) is 24.3 Å². The van der Waals surface area contributed by atoms with Crippen LogP contribution >= 0.6 is 0 Å². The Kier molecular flexibility index (Phi) is 1.97. The van der Waals surface area contributed by atoms with Gasteiger partial charge in [0.15, 0.2) is 0 Å². The van der Waals surface area contributed by atoms with E-state index in [1.54, 1.807) is 8.05 Å². The quantitative estimate of drug-likeness (QED) is 0.595. The maximum absolute atomic E-state index is 5.25. The number of hydrogen-bond acceptors (Lipinski definition) is 1. The molecule has 0 fully saturated rings. The summed E-state index contributed by atoms with van der Waals surface area (Å²) >= 11 is 0. The van der Waals surface area contributed by atoms with Crippen LogP contribution in [0.2, 0.25) is 0 Å².